The van der Waals surface area contributed by atoms with E-state index in [1.54, 1.807) is 29.7 Å². The number of terminal acetylenes is 1. The molecule has 0 saturated heterocycles. The van der Waals surface area contributed by atoms with Gasteiger partial charge in [-0.3, -0.25) is 4.79 Å². The Bertz CT molecular complexity index is 1440. The Morgan fingerprint density at radius 2 is 1.83 bits per heavy atom. The van der Waals surface area contributed by atoms with Gasteiger partial charge >= 0.3 is 5.97 Å². The van der Waals surface area contributed by atoms with Crippen LogP contribution in [0.1, 0.15) is 47.4 Å². The number of benzene rings is 2. The number of methoxy groups -OCH3 is 1. The fourth-order valence-electron chi connectivity index (χ4n) is 3.50. The van der Waals surface area contributed by atoms with Crippen LogP contribution in [-0.4, -0.2) is 49.4 Å². The standard InChI is InChI=1S/C25H27N3O5S2/c1-5-8-16-27(7-3)35(31,32)20-12-9-18(10-13-20)23(29)26-25-28(15-6-2)21-14-11-19(24(30)33-4)17-22(21)34-25/h2,9-14,17H,5,7-8,15-16H2,1,3-4H3. The Morgan fingerprint density at radius 1 is 1.14 bits per heavy atom. The van der Waals surface area contributed by atoms with E-state index in [0.717, 1.165) is 23.1 Å². The second kappa shape index (κ2) is 11.4. The Kier molecular flexibility index (Phi) is 8.62. The Morgan fingerprint density at radius 3 is 2.43 bits per heavy atom. The van der Waals surface area contributed by atoms with Crippen molar-refractivity contribution in [3.63, 3.8) is 0 Å². The summed E-state index contributed by atoms with van der Waals surface area (Å²) in [5, 5.41) is 0. The number of carbonyl (C=O) groups excluding carboxylic acids is 2. The van der Waals surface area contributed by atoms with Gasteiger partial charge in [0.15, 0.2) is 4.80 Å². The SMILES string of the molecule is C#CCn1c(=NC(=O)c2ccc(S(=O)(=O)N(CC)CCCC)cc2)sc2cc(C(=O)OC)ccc21. The lowest BCUT2D eigenvalue weighted by atomic mass is 10.2. The van der Waals surface area contributed by atoms with Crippen molar-refractivity contribution in [2.24, 2.45) is 4.99 Å². The number of ether oxygens (including phenoxy) is 1. The van der Waals surface area contributed by atoms with Gasteiger partial charge in [0, 0.05) is 18.7 Å². The Labute approximate surface area is 208 Å². The van der Waals surface area contributed by atoms with Crippen LogP contribution < -0.4 is 4.80 Å². The van der Waals surface area contributed by atoms with E-state index in [4.69, 9.17) is 11.2 Å². The molecule has 0 fully saturated rings. The van der Waals surface area contributed by atoms with Crippen molar-refractivity contribution < 1.29 is 22.7 Å². The average molecular weight is 514 g/mol. The molecule has 0 radical (unpaired) electrons. The summed E-state index contributed by atoms with van der Waals surface area (Å²) in [5.74, 6) is 1.56. The minimum absolute atomic E-state index is 0.131. The molecule has 2 aromatic carbocycles. The van der Waals surface area contributed by atoms with Gasteiger partial charge in [-0.25, -0.2) is 13.2 Å². The third kappa shape index (κ3) is 5.70. The highest BCUT2D eigenvalue weighted by molar-refractivity contribution is 7.89. The number of sulfonamides is 1. The van der Waals surface area contributed by atoms with Crippen molar-refractivity contribution in [2.45, 2.75) is 38.1 Å². The van der Waals surface area contributed by atoms with Gasteiger partial charge in [0.2, 0.25) is 10.0 Å². The normalized spacial score (nSPS) is 12.1. The summed E-state index contributed by atoms with van der Waals surface area (Å²) in [6.45, 7) is 4.81. The molecule has 0 spiro atoms. The van der Waals surface area contributed by atoms with Crippen LogP contribution in [0.5, 0.6) is 0 Å². The molecule has 1 amide bonds. The first kappa shape index (κ1) is 26.3. The number of esters is 1. The van der Waals surface area contributed by atoms with Crippen molar-refractivity contribution in [1.29, 1.82) is 0 Å². The molecule has 1 aromatic heterocycles. The zero-order chi connectivity index (χ0) is 25.6. The summed E-state index contributed by atoms with van der Waals surface area (Å²) in [7, 11) is -2.33. The highest BCUT2D eigenvalue weighted by Crippen LogP contribution is 2.21. The second-order valence-electron chi connectivity index (χ2n) is 7.64. The average Bonchev–Trinajstić information content (AvgIpc) is 3.20. The van der Waals surface area contributed by atoms with Crippen LogP contribution in [0.15, 0.2) is 52.4 Å². The number of fused-ring (bicyclic) bond motifs is 1. The van der Waals surface area contributed by atoms with E-state index in [-0.39, 0.29) is 17.0 Å². The maximum atomic E-state index is 12.9. The lowest BCUT2D eigenvalue weighted by molar-refractivity contribution is 0.0600. The second-order valence-corrected chi connectivity index (χ2v) is 10.6. The van der Waals surface area contributed by atoms with Gasteiger partial charge < -0.3 is 9.30 Å². The van der Waals surface area contributed by atoms with Crippen LogP contribution in [0.2, 0.25) is 0 Å². The van der Waals surface area contributed by atoms with Gasteiger partial charge in [-0.05, 0) is 48.9 Å². The highest BCUT2D eigenvalue weighted by atomic mass is 32.2. The third-order valence-corrected chi connectivity index (χ3v) is 8.43. The zero-order valence-electron chi connectivity index (χ0n) is 19.9. The van der Waals surface area contributed by atoms with Crippen molar-refractivity contribution in [3.8, 4) is 12.3 Å². The number of rotatable bonds is 9. The van der Waals surface area contributed by atoms with Crippen molar-refractivity contribution in [1.82, 2.24) is 8.87 Å². The topological polar surface area (TPSA) is 98.0 Å². The molecule has 0 atom stereocenters. The number of thiazole rings is 1. The molecule has 0 aliphatic carbocycles. The monoisotopic (exact) mass is 513 g/mol. The van der Waals surface area contributed by atoms with Gasteiger partial charge in [0.1, 0.15) is 0 Å². The summed E-state index contributed by atoms with van der Waals surface area (Å²) in [4.78, 5) is 29.5. The van der Waals surface area contributed by atoms with E-state index in [9.17, 15) is 18.0 Å². The molecular formula is C25H27N3O5S2. The molecule has 0 bridgehead atoms. The van der Waals surface area contributed by atoms with E-state index in [2.05, 4.69) is 10.9 Å². The highest BCUT2D eigenvalue weighted by Gasteiger charge is 2.22. The van der Waals surface area contributed by atoms with Crippen LogP contribution in [0.3, 0.4) is 0 Å². The molecule has 3 rings (SSSR count). The van der Waals surface area contributed by atoms with Crippen molar-refractivity contribution in [3.05, 3.63) is 58.4 Å². The minimum Gasteiger partial charge on any atom is -0.465 e. The maximum Gasteiger partial charge on any atom is 0.337 e. The predicted molar refractivity (Wildman–Crippen MR) is 136 cm³/mol. The van der Waals surface area contributed by atoms with Crippen LogP contribution in [0, 0.1) is 12.3 Å². The van der Waals surface area contributed by atoms with Crippen LogP contribution >= 0.6 is 11.3 Å². The molecule has 0 aliphatic rings. The fourth-order valence-corrected chi connectivity index (χ4v) is 6.05. The molecule has 3 aromatic rings. The molecule has 0 saturated carbocycles. The zero-order valence-corrected chi connectivity index (χ0v) is 21.5. The number of hydrogen-bond donors (Lipinski definition) is 0. The first-order valence-electron chi connectivity index (χ1n) is 11.1. The molecule has 0 N–H and O–H groups in total. The first-order valence-corrected chi connectivity index (χ1v) is 13.4. The summed E-state index contributed by atoms with van der Waals surface area (Å²) in [5.41, 5.74) is 1.37. The predicted octanol–water partition coefficient (Wildman–Crippen LogP) is 3.67. The van der Waals surface area contributed by atoms with Gasteiger partial charge in [0.05, 0.1) is 34.3 Å². The number of amides is 1. The lowest BCUT2D eigenvalue weighted by Gasteiger charge is -2.20. The Balaban J connectivity index is 1.96. The fraction of sp³-hybridized carbons (Fsp3) is 0.320. The number of carbonyl (C=O) groups is 2. The van der Waals surface area contributed by atoms with Gasteiger partial charge in [0.25, 0.3) is 5.91 Å². The molecular weight excluding hydrogens is 486 g/mol. The quantitative estimate of drug-likeness (QED) is 0.321. The van der Waals surface area contributed by atoms with E-state index < -0.39 is 21.9 Å². The number of aromatic nitrogens is 1. The first-order chi connectivity index (χ1) is 16.8. The van der Waals surface area contributed by atoms with E-state index in [1.165, 1.54) is 47.0 Å². The van der Waals surface area contributed by atoms with Crippen molar-refractivity contribution in [2.75, 3.05) is 20.2 Å². The summed E-state index contributed by atoms with van der Waals surface area (Å²) in [6, 6.07) is 10.8. The number of hydrogen-bond acceptors (Lipinski definition) is 6. The summed E-state index contributed by atoms with van der Waals surface area (Å²) >= 11 is 1.22. The molecule has 184 valence electrons. The van der Waals surface area contributed by atoms with E-state index in [0.29, 0.717) is 23.5 Å². The molecule has 35 heavy (non-hydrogen) atoms. The molecule has 0 aliphatic heterocycles. The van der Waals surface area contributed by atoms with E-state index >= 15 is 0 Å². The molecule has 10 heteroatoms. The largest absolute Gasteiger partial charge is 0.465 e. The van der Waals surface area contributed by atoms with Crippen LogP contribution in [-0.2, 0) is 21.3 Å². The molecule has 1 heterocycles. The maximum absolute atomic E-state index is 12.9. The number of nitrogens with zero attached hydrogens (tertiary/aromatic N) is 3. The third-order valence-electron chi connectivity index (χ3n) is 5.40. The van der Waals surface area contributed by atoms with Crippen molar-refractivity contribution >= 4 is 43.5 Å². The van der Waals surface area contributed by atoms with Crippen LogP contribution in [0.25, 0.3) is 10.2 Å². The molecule has 8 nitrogen and oxygen atoms in total. The summed E-state index contributed by atoms with van der Waals surface area (Å²) < 4.78 is 34.5. The Hall–Kier alpha value is -3.26. The summed E-state index contributed by atoms with van der Waals surface area (Å²) in [6.07, 6.45) is 7.18. The van der Waals surface area contributed by atoms with Gasteiger partial charge in [-0.1, -0.05) is 37.5 Å². The van der Waals surface area contributed by atoms with Gasteiger partial charge in [-0.2, -0.15) is 9.30 Å². The minimum atomic E-state index is -3.64. The molecule has 0 unspecified atom stereocenters. The van der Waals surface area contributed by atoms with E-state index in [1.807, 2.05) is 6.92 Å². The van der Waals surface area contributed by atoms with Crippen LogP contribution in [0.4, 0.5) is 0 Å². The van der Waals surface area contributed by atoms with Gasteiger partial charge in [-0.15, -0.1) is 6.42 Å². The lowest BCUT2D eigenvalue weighted by Crippen LogP contribution is -2.31. The smallest absolute Gasteiger partial charge is 0.337 e. The number of unbranched alkanes of at least 4 members (excludes halogenated alkanes) is 1.